The van der Waals surface area contributed by atoms with E-state index in [4.69, 9.17) is 21.1 Å². The summed E-state index contributed by atoms with van der Waals surface area (Å²) in [4.78, 5) is 4.52. The van der Waals surface area contributed by atoms with Crippen molar-refractivity contribution in [2.75, 3.05) is 20.3 Å². The molecule has 0 amide bonds. The number of ether oxygens (including phenoxy) is 2. The van der Waals surface area contributed by atoms with E-state index < -0.39 is 0 Å². The Morgan fingerprint density at radius 1 is 1.40 bits per heavy atom. The fourth-order valence-electron chi connectivity index (χ4n) is 2.70. The van der Waals surface area contributed by atoms with E-state index in [1.807, 2.05) is 0 Å². The third-order valence-corrected chi connectivity index (χ3v) is 4.31. The first kappa shape index (κ1) is 15.6. The van der Waals surface area contributed by atoms with E-state index >= 15 is 0 Å². The second-order valence-electron chi connectivity index (χ2n) is 5.82. The topological polar surface area (TPSA) is 31.4 Å². The van der Waals surface area contributed by atoms with E-state index in [0.29, 0.717) is 30.0 Å². The molecule has 0 fully saturated rings. The Kier molecular flexibility index (Phi) is 5.67. The van der Waals surface area contributed by atoms with Crippen molar-refractivity contribution in [3.8, 4) is 5.75 Å². The third kappa shape index (κ3) is 3.86. The molecule has 1 atom stereocenters. The lowest BCUT2D eigenvalue weighted by Crippen LogP contribution is -2.20. The summed E-state index contributed by atoms with van der Waals surface area (Å²) in [5.41, 5.74) is 2.46. The van der Waals surface area contributed by atoms with E-state index in [2.05, 4.69) is 24.9 Å². The summed E-state index contributed by atoms with van der Waals surface area (Å²) >= 11 is 6.21. The number of fused-ring (bicyclic) bond motifs is 1. The lowest BCUT2D eigenvalue weighted by Gasteiger charge is -2.27. The number of aryl methyl sites for hydroxylation is 1. The molecule has 1 heterocycles. The van der Waals surface area contributed by atoms with Crippen molar-refractivity contribution in [1.82, 2.24) is 4.98 Å². The van der Waals surface area contributed by atoms with Gasteiger partial charge in [-0.2, -0.15) is 0 Å². The highest BCUT2D eigenvalue weighted by Crippen LogP contribution is 2.34. The van der Waals surface area contributed by atoms with Crippen LogP contribution in [-0.4, -0.2) is 25.3 Å². The molecule has 20 heavy (non-hydrogen) atoms. The molecule has 0 spiro atoms. The minimum absolute atomic E-state index is 0.490. The number of aromatic nitrogens is 1. The van der Waals surface area contributed by atoms with E-state index in [0.717, 1.165) is 30.9 Å². The largest absolute Gasteiger partial charge is 0.490 e. The number of methoxy groups -OCH3 is 1. The van der Waals surface area contributed by atoms with Crippen LogP contribution in [0, 0.1) is 11.8 Å². The first-order chi connectivity index (χ1) is 9.61. The molecule has 0 saturated carbocycles. The number of nitrogens with zero attached hydrogens (tertiary/aromatic N) is 1. The molecular weight excluding hydrogens is 274 g/mol. The zero-order valence-electron chi connectivity index (χ0n) is 12.6. The monoisotopic (exact) mass is 297 g/mol. The van der Waals surface area contributed by atoms with Gasteiger partial charge >= 0.3 is 0 Å². The molecule has 0 saturated heterocycles. The lowest BCUT2D eigenvalue weighted by molar-refractivity contribution is 0.172. The van der Waals surface area contributed by atoms with Crippen LogP contribution < -0.4 is 4.74 Å². The molecule has 2 rings (SSSR count). The summed E-state index contributed by atoms with van der Waals surface area (Å²) in [5.74, 6) is 2.17. The SMILES string of the molecule is COCCCOc1cc2c(nc1Cl)CCC(C(C)C)C2. The van der Waals surface area contributed by atoms with Crippen molar-refractivity contribution >= 4 is 11.6 Å². The maximum atomic E-state index is 6.21. The molecule has 1 aromatic rings. The van der Waals surface area contributed by atoms with Crippen LogP contribution in [0.25, 0.3) is 0 Å². The Hall–Kier alpha value is -0.800. The van der Waals surface area contributed by atoms with Crippen LogP contribution in [-0.2, 0) is 17.6 Å². The van der Waals surface area contributed by atoms with Crippen molar-refractivity contribution in [3.05, 3.63) is 22.5 Å². The van der Waals surface area contributed by atoms with Crippen molar-refractivity contribution in [1.29, 1.82) is 0 Å². The van der Waals surface area contributed by atoms with Gasteiger partial charge in [-0.3, -0.25) is 0 Å². The van der Waals surface area contributed by atoms with Gasteiger partial charge in [0.1, 0.15) is 0 Å². The van der Waals surface area contributed by atoms with Gasteiger partial charge in [-0.05, 0) is 42.7 Å². The van der Waals surface area contributed by atoms with Crippen molar-refractivity contribution in [3.63, 3.8) is 0 Å². The average Bonchev–Trinajstić information content (AvgIpc) is 2.43. The summed E-state index contributed by atoms with van der Waals surface area (Å²) in [6.45, 7) is 5.90. The number of hydrogen-bond acceptors (Lipinski definition) is 3. The van der Waals surface area contributed by atoms with Crippen LogP contribution in [0.4, 0.5) is 0 Å². The van der Waals surface area contributed by atoms with Crippen LogP contribution in [0.3, 0.4) is 0 Å². The molecule has 1 aliphatic rings. The molecule has 0 radical (unpaired) electrons. The molecular formula is C16H24ClNO2. The van der Waals surface area contributed by atoms with E-state index in [-0.39, 0.29) is 0 Å². The predicted octanol–water partition coefficient (Wildman–Crippen LogP) is 3.91. The zero-order chi connectivity index (χ0) is 14.5. The van der Waals surface area contributed by atoms with Gasteiger partial charge < -0.3 is 9.47 Å². The molecule has 3 nitrogen and oxygen atoms in total. The lowest BCUT2D eigenvalue weighted by atomic mass is 9.80. The minimum atomic E-state index is 0.490. The van der Waals surface area contributed by atoms with Crippen LogP contribution in [0.2, 0.25) is 5.15 Å². The average molecular weight is 298 g/mol. The number of halogens is 1. The fraction of sp³-hybridized carbons (Fsp3) is 0.688. The summed E-state index contributed by atoms with van der Waals surface area (Å²) in [7, 11) is 1.69. The quantitative estimate of drug-likeness (QED) is 0.589. The number of rotatable bonds is 6. The maximum Gasteiger partial charge on any atom is 0.171 e. The highest BCUT2D eigenvalue weighted by atomic mass is 35.5. The molecule has 1 aliphatic carbocycles. The first-order valence-electron chi connectivity index (χ1n) is 7.41. The van der Waals surface area contributed by atoms with Crippen LogP contribution in [0.5, 0.6) is 5.75 Å². The van der Waals surface area contributed by atoms with E-state index in [1.54, 1.807) is 7.11 Å². The molecule has 0 aliphatic heterocycles. The van der Waals surface area contributed by atoms with E-state index in [9.17, 15) is 0 Å². The van der Waals surface area contributed by atoms with Gasteiger partial charge in [-0.25, -0.2) is 4.98 Å². The summed E-state index contributed by atoms with van der Waals surface area (Å²) in [5, 5.41) is 0.490. The zero-order valence-corrected chi connectivity index (χ0v) is 13.4. The number of hydrogen-bond donors (Lipinski definition) is 0. The molecule has 1 unspecified atom stereocenters. The van der Waals surface area contributed by atoms with Crippen molar-refractivity contribution in [2.45, 2.75) is 39.5 Å². The van der Waals surface area contributed by atoms with Crippen LogP contribution >= 0.6 is 11.6 Å². The second-order valence-corrected chi connectivity index (χ2v) is 6.18. The fourth-order valence-corrected chi connectivity index (χ4v) is 2.91. The van der Waals surface area contributed by atoms with E-state index in [1.165, 1.54) is 12.0 Å². The molecule has 0 bridgehead atoms. The standard InChI is InChI=1S/C16H24ClNO2/c1-11(2)12-5-6-14-13(9-12)10-15(16(17)18-14)20-8-4-7-19-3/h10-12H,4-9H2,1-3H3. The highest BCUT2D eigenvalue weighted by molar-refractivity contribution is 6.30. The summed E-state index contributed by atoms with van der Waals surface area (Å²) < 4.78 is 10.7. The Bertz CT molecular complexity index is 448. The van der Waals surface area contributed by atoms with Crippen LogP contribution in [0.15, 0.2) is 6.07 Å². The van der Waals surface area contributed by atoms with Gasteiger partial charge in [0, 0.05) is 25.8 Å². The molecule has 112 valence electrons. The molecule has 0 aromatic carbocycles. The van der Waals surface area contributed by atoms with Gasteiger partial charge in [0.05, 0.1) is 6.61 Å². The Labute approximate surface area is 126 Å². The highest BCUT2D eigenvalue weighted by Gasteiger charge is 2.23. The van der Waals surface area contributed by atoms with Crippen molar-refractivity contribution in [2.24, 2.45) is 11.8 Å². The van der Waals surface area contributed by atoms with Gasteiger partial charge in [0.15, 0.2) is 10.9 Å². The normalized spacial score (nSPS) is 18.1. The molecule has 0 N–H and O–H groups in total. The van der Waals surface area contributed by atoms with Crippen LogP contribution in [0.1, 0.15) is 37.9 Å². The Morgan fingerprint density at radius 2 is 2.20 bits per heavy atom. The molecule has 1 aromatic heterocycles. The smallest absolute Gasteiger partial charge is 0.171 e. The van der Waals surface area contributed by atoms with Gasteiger partial charge in [0.2, 0.25) is 0 Å². The molecule has 4 heteroatoms. The number of pyridine rings is 1. The minimum Gasteiger partial charge on any atom is -0.490 e. The summed E-state index contributed by atoms with van der Waals surface area (Å²) in [6.07, 6.45) is 4.19. The second kappa shape index (κ2) is 7.28. The van der Waals surface area contributed by atoms with Gasteiger partial charge in [0.25, 0.3) is 0 Å². The Morgan fingerprint density at radius 3 is 2.90 bits per heavy atom. The van der Waals surface area contributed by atoms with Crippen molar-refractivity contribution < 1.29 is 9.47 Å². The Balaban J connectivity index is 2.06. The first-order valence-corrected chi connectivity index (χ1v) is 7.79. The van der Waals surface area contributed by atoms with Gasteiger partial charge in [-0.15, -0.1) is 0 Å². The predicted molar refractivity (Wildman–Crippen MR) is 81.6 cm³/mol. The summed E-state index contributed by atoms with van der Waals surface area (Å²) in [6, 6.07) is 2.09. The van der Waals surface area contributed by atoms with Gasteiger partial charge in [-0.1, -0.05) is 25.4 Å². The third-order valence-electron chi connectivity index (χ3n) is 4.04. The maximum absolute atomic E-state index is 6.21.